The van der Waals surface area contributed by atoms with Crippen LogP contribution in [-0.2, 0) is 21.7 Å². The molecule has 0 aliphatic carbocycles. The van der Waals surface area contributed by atoms with E-state index in [4.69, 9.17) is 25.0 Å². The molecule has 0 radical (unpaired) electrons. The lowest BCUT2D eigenvalue weighted by Gasteiger charge is -2.28. The van der Waals surface area contributed by atoms with Gasteiger partial charge in [-0.25, -0.2) is 4.98 Å². The first-order chi connectivity index (χ1) is 37.1. The molecule has 0 fully saturated rings. The minimum atomic E-state index is -3.69. The third kappa shape index (κ3) is 9.05. The highest BCUT2D eigenvalue weighted by Gasteiger charge is 2.30. The first-order valence-electron chi connectivity index (χ1n) is 29.0. The van der Waals surface area contributed by atoms with E-state index in [1.54, 1.807) is 6.07 Å². The predicted molar refractivity (Wildman–Crippen MR) is 288 cm³/mol. The van der Waals surface area contributed by atoms with Gasteiger partial charge in [-0.1, -0.05) is 192 Å². The third-order valence-electron chi connectivity index (χ3n) is 12.6. The van der Waals surface area contributed by atoms with E-state index in [0.29, 0.717) is 28.2 Å². The van der Waals surface area contributed by atoms with Crippen LogP contribution in [0, 0.1) is 0 Å². The molecule has 2 heterocycles. The van der Waals surface area contributed by atoms with Crippen molar-refractivity contribution in [1.82, 2.24) is 14.5 Å². The highest BCUT2D eigenvalue weighted by Crippen LogP contribution is 2.46. The van der Waals surface area contributed by atoms with Gasteiger partial charge < -0.3 is 5.11 Å². The Balaban J connectivity index is 1.31. The van der Waals surface area contributed by atoms with Crippen molar-refractivity contribution in [3.05, 3.63) is 192 Å². The lowest BCUT2D eigenvalue weighted by molar-refractivity contribution is 0.446. The fraction of sp³-hybridized carbons (Fsp3) is 0.250. The zero-order valence-corrected chi connectivity index (χ0v) is 40.2. The van der Waals surface area contributed by atoms with E-state index in [0.717, 1.165) is 67.3 Å². The molecule has 9 rings (SSSR count). The molecule has 7 aromatic carbocycles. The van der Waals surface area contributed by atoms with E-state index >= 15 is 0 Å². The number of aromatic nitrogens is 3. The fourth-order valence-corrected chi connectivity index (χ4v) is 8.88. The molecule has 9 aromatic rings. The summed E-state index contributed by atoms with van der Waals surface area (Å²) in [5.41, 5.74) is 6.79. The Labute approximate surface area is 421 Å². The number of hydrogen-bond donors (Lipinski definition) is 1. The lowest BCUT2D eigenvalue weighted by atomic mass is 9.78. The van der Waals surface area contributed by atoms with E-state index in [1.165, 1.54) is 12.3 Å². The van der Waals surface area contributed by atoms with Gasteiger partial charge in [-0.2, -0.15) is 0 Å². The van der Waals surface area contributed by atoms with Crippen LogP contribution in [-0.4, -0.2) is 19.6 Å². The maximum Gasteiger partial charge on any atom is 0.149 e. The van der Waals surface area contributed by atoms with Gasteiger partial charge in [-0.15, -0.1) is 0 Å². The fourth-order valence-electron chi connectivity index (χ4n) is 8.88. The molecular weight excluding hydrogens is 827 g/mol. The van der Waals surface area contributed by atoms with Crippen molar-refractivity contribution in [3.63, 3.8) is 0 Å². The highest BCUT2D eigenvalue weighted by molar-refractivity contribution is 5.98. The van der Waals surface area contributed by atoms with Gasteiger partial charge in [0.2, 0.25) is 0 Å². The molecule has 2 aromatic heterocycles. The molecule has 342 valence electrons. The molecule has 1 N–H and O–H groups in total. The zero-order valence-electron chi connectivity index (χ0n) is 52.2. The van der Waals surface area contributed by atoms with Crippen LogP contribution in [0.1, 0.15) is 122 Å². The van der Waals surface area contributed by atoms with Crippen LogP contribution in [0.5, 0.6) is 5.75 Å². The summed E-state index contributed by atoms with van der Waals surface area (Å²) in [7, 11) is 0. The van der Waals surface area contributed by atoms with Gasteiger partial charge in [-0.3, -0.25) is 9.55 Å². The lowest BCUT2D eigenvalue weighted by Crippen LogP contribution is -2.18. The summed E-state index contributed by atoms with van der Waals surface area (Å²) in [5.74, 6) is 0.700. The predicted octanol–water partition coefficient (Wildman–Crippen LogP) is 17.3. The molecule has 0 atom stereocenters. The molecule has 0 saturated heterocycles. The molecule has 0 spiro atoms. The van der Waals surface area contributed by atoms with E-state index in [9.17, 15) is 6.48 Å². The van der Waals surface area contributed by atoms with Gasteiger partial charge in [0.05, 0.1) is 32.1 Å². The number of phenolic OH excluding ortho intramolecular Hbond substituents is 1. The van der Waals surface area contributed by atoms with Gasteiger partial charge in [0.1, 0.15) is 11.6 Å². The van der Waals surface area contributed by atoms with Crippen molar-refractivity contribution < 1.29 is 21.6 Å². The standard InChI is InChI=1S/C64H65N3O/c1-61(2,3)49-29-26-43(27-30-49)45-32-33-65-55(38-45)48-35-46(42-22-17-14-18-23-42)34-47(36-48)51-24-19-25-57-58(51)66-60(52-39-50(62(4,5)6)40-54(59(52)68)64(10,11)12)67(57)56-31-28-44(37-53(56)63(7,8)9)41-20-15-13-16-21-41/h13-40,68H,1-12H3/i1D3,2D3,3D3,26D,27D,29D. The molecule has 0 saturated carbocycles. The molecule has 68 heavy (non-hydrogen) atoms. The summed E-state index contributed by atoms with van der Waals surface area (Å²) in [6.07, 6.45) is 1.49. The number of para-hydroxylation sites is 1. The largest absolute Gasteiger partial charge is 0.507 e. The molecule has 0 amide bonds. The molecule has 0 unspecified atom stereocenters. The SMILES string of the molecule is [2H]c1cc(C(C([2H])([2H])[2H])(C([2H])([2H])[2H])C([2H])([2H])[2H])c([2H])c([2H])c1-c1ccnc(-c2cc(-c3ccccc3)cc(-c3cccc4c3nc(-c3cc(C(C)(C)C)cc(C(C)(C)C)c3O)n4-c3ccc(-c4ccccc4)cc3C(C)(C)C)c2)c1. The van der Waals surface area contributed by atoms with Crippen molar-refractivity contribution in [1.29, 1.82) is 0 Å². The average Bonchev–Trinajstić information content (AvgIpc) is 3.90. The van der Waals surface area contributed by atoms with E-state index < -0.39 is 55.1 Å². The first kappa shape index (κ1) is 33.4. The van der Waals surface area contributed by atoms with Crippen LogP contribution in [0.2, 0.25) is 0 Å². The Bertz CT molecular complexity index is 3800. The summed E-state index contributed by atoms with van der Waals surface area (Å²) in [6, 6.07) is 44.7. The quantitative estimate of drug-likeness (QED) is 0.173. The van der Waals surface area contributed by atoms with Gasteiger partial charge in [0.25, 0.3) is 0 Å². The van der Waals surface area contributed by atoms with Gasteiger partial charge in [0, 0.05) is 35.2 Å². The Hall–Kier alpha value is -7.04. The first-order valence-corrected chi connectivity index (χ1v) is 23.0. The molecule has 0 aliphatic rings. The third-order valence-corrected chi connectivity index (χ3v) is 12.6. The Morgan fingerprint density at radius 1 is 0.471 bits per heavy atom. The molecule has 0 bridgehead atoms. The van der Waals surface area contributed by atoms with Crippen molar-refractivity contribution >= 4 is 11.0 Å². The van der Waals surface area contributed by atoms with Crippen LogP contribution in [0.25, 0.3) is 83.9 Å². The van der Waals surface area contributed by atoms with E-state index in [2.05, 4.69) is 121 Å². The van der Waals surface area contributed by atoms with Gasteiger partial charge >= 0.3 is 0 Å². The average molecular weight is 904 g/mol. The van der Waals surface area contributed by atoms with Crippen LogP contribution in [0.3, 0.4) is 0 Å². The molecule has 0 aliphatic heterocycles. The second kappa shape index (κ2) is 17.2. The molecular formula is C64H65N3O. The van der Waals surface area contributed by atoms with E-state index in [1.807, 2.05) is 72.8 Å². The van der Waals surface area contributed by atoms with Crippen molar-refractivity contribution in [2.45, 2.75) is 105 Å². The minimum Gasteiger partial charge on any atom is -0.507 e. The number of phenols is 1. The zero-order chi connectivity index (χ0) is 58.4. The van der Waals surface area contributed by atoms with Gasteiger partial charge in [0.15, 0.2) is 0 Å². The maximum absolute atomic E-state index is 12.6. The smallest absolute Gasteiger partial charge is 0.149 e. The number of benzene rings is 7. The van der Waals surface area contributed by atoms with Crippen molar-refractivity contribution in [2.75, 3.05) is 0 Å². The summed E-state index contributed by atoms with van der Waals surface area (Å²) in [5, 5.41) is 12.6. The summed E-state index contributed by atoms with van der Waals surface area (Å²) >= 11 is 0. The summed E-state index contributed by atoms with van der Waals surface area (Å²) in [6.45, 7) is 8.31. The van der Waals surface area contributed by atoms with E-state index in [-0.39, 0.29) is 27.7 Å². The number of pyridine rings is 1. The second-order valence-electron chi connectivity index (χ2n) is 20.9. The normalized spacial score (nSPS) is 15.6. The number of nitrogens with zero attached hydrogens (tertiary/aromatic N) is 3. The Morgan fingerprint density at radius 2 is 1.12 bits per heavy atom. The number of fused-ring (bicyclic) bond motifs is 1. The minimum absolute atomic E-state index is 0.139. The van der Waals surface area contributed by atoms with Crippen LogP contribution in [0.15, 0.2) is 170 Å². The monoisotopic (exact) mass is 904 g/mol. The number of aromatic hydroxyl groups is 1. The summed E-state index contributed by atoms with van der Waals surface area (Å²) in [4.78, 5) is 10.4. The Morgan fingerprint density at radius 3 is 1.78 bits per heavy atom. The van der Waals surface area contributed by atoms with Crippen molar-refractivity contribution in [3.8, 4) is 78.6 Å². The number of hydrogen-bond acceptors (Lipinski definition) is 3. The van der Waals surface area contributed by atoms with Crippen LogP contribution >= 0.6 is 0 Å². The van der Waals surface area contributed by atoms with Crippen molar-refractivity contribution in [2.24, 2.45) is 0 Å². The molecule has 4 nitrogen and oxygen atoms in total. The van der Waals surface area contributed by atoms with Gasteiger partial charge in [-0.05, 0) is 132 Å². The molecule has 4 heteroatoms. The van der Waals surface area contributed by atoms with Crippen LogP contribution < -0.4 is 0 Å². The topological polar surface area (TPSA) is 50.9 Å². The second-order valence-corrected chi connectivity index (χ2v) is 20.9. The number of imidazole rings is 1. The number of rotatable bonds is 7. The summed E-state index contributed by atoms with van der Waals surface area (Å²) < 4.78 is 104. The Kier molecular flexibility index (Phi) is 8.48. The maximum atomic E-state index is 12.6. The van der Waals surface area contributed by atoms with Crippen LogP contribution in [0.4, 0.5) is 0 Å². The highest BCUT2D eigenvalue weighted by atomic mass is 16.3.